The molecule has 0 atom stereocenters. The van der Waals surface area contributed by atoms with Gasteiger partial charge in [0.1, 0.15) is 5.82 Å². The SMILES string of the molecule is Fc1ccccc1-c1cnc2[n-]ccc2c1.[I][Os]. The molecule has 1 aromatic carbocycles. The Morgan fingerprint density at radius 3 is 2.72 bits per heavy atom. The number of nitrogens with zero attached hydrogens (tertiary/aromatic N) is 2. The van der Waals surface area contributed by atoms with Gasteiger partial charge >= 0.3 is 34.7 Å². The second-order valence-electron chi connectivity index (χ2n) is 3.56. The van der Waals surface area contributed by atoms with Crippen LogP contribution in [-0.2, 0) is 15.1 Å². The van der Waals surface area contributed by atoms with Crippen LogP contribution in [0.5, 0.6) is 0 Å². The van der Waals surface area contributed by atoms with Crippen LogP contribution in [0.25, 0.3) is 22.2 Å². The normalized spacial score (nSPS) is 9.94. The summed E-state index contributed by atoms with van der Waals surface area (Å²) in [5.41, 5.74) is 2.04. The summed E-state index contributed by atoms with van der Waals surface area (Å²) in [6, 6.07) is 10.4. The second kappa shape index (κ2) is 6.40. The minimum atomic E-state index is -0.233. The molecule has 0 saturated heterocycles. The number of hydrogen-bond donors (Lipinski definition) is 0. The van der Waals surface area contributed by atoms with E-state index in [9.17, 15) is 4.39 Å². The molecule has 0 fully saturated rings. The molecule has 3 aromatic rings. The average Bonchev–Trinajstić information content (AvgIpc) is 2.89. The Hall–Kier alpha value is -0.794. The standard InChI is InChI=1S/C13H8FN2.HI.Os/c14-12-4-2-1-3-11(12)10-7-9-5-6-15-13(9)16-8-10;;/h1-8H;1H;/q-1;;+1/p-1. The van der Waals surface area contributed by atoms with E-state index in [4.69, 9.17) is 0 Å². The molecule has 5 heteroatoms. The molecule has 0 radical (unpaired) electrons. The van der Waals surface area contributed by atoms with E-state index in [0.29, 0.717) is 11.2 Å². The van der Waals surface area contributed by atoms with E-state index in [1.807, 2.05) is 33.3 Å². The monoisotopic (exact) mass is 530 g/mol. The number of pyridine rings is 1. The van der Waals surface area contributed by atoms with Crippen LogP contribution < -0.4 is 4.98 Å². The van der Waals surface area contributed by atoms with E-state index in [1.54, 1.807) is 24.5 Å². The van der Waals surface area contributed by atoms with E-state index in [-0.39, 0.29) is 5.82 Å². The maximum atomic E-state index is 13.6. The van der Waals surface area contributed by atoms with E-state index >= 15 is 0 Å². The molecule has 0 spiro atoms. The van der Waals surface area contributed by atoms with Crippen molar-refractivity contribution >= 4 is 30.7 Å². The van der Waals surface area contributed by atoms with Gasteiger partial charge in [0.05, 0.1) is 0 Å². The van der Waals surface area contributed by atoms with E-state index in [1.165, 1.54) is 6.07 Å². The van der Waals surface area contributed by atoms with Gasteiger partial charge in [-0.2, -0.15) is 0 Å². The van der Waals surface area contributed by atoms with Crippen LogP contribution in [0.3, 0.4) is 0 Å². The first-order chi connectivity index (χ1) is 8.84. The average molecular weight is 528 g/mol. The molecule has 0 aliphatic heterocycles. The molecular formula is C13H8FIN2Os-. The first-order valence-electron chi connectivity index (χ1n) is 5.10. The van der Waals surface area contributed by atoms with Crippen molar-refractivity contribution in [3.8, 4) is 11.1 Å². The molecule has 93 valence electrons. The fourth-order valence-corrected chi connectivity index (χ4v) is 1.74. The third-order valence-corrected chi connectivity index (χ3v) is 2.53. The Morgan fingerprint density at radius 2 is 1.94 bits per heavy atom. The van der Waals surface area contributed by atoms with Crippen molar-refractivity contribution in [2.24, 2.45) is 0 Å². The van der Waals surface area contributed by atoms with Crippen LogP contribution in [0.4, 0.5) is 4.39 Å². The Labute approximate surface area is 125 Å². The summed E-state index contributed by atoms with van der Waals surface area (Å²) in [4.78, 5) is 8.25. The topological polar surface area (TPSA) is 27.0 Å². The van der Waals surface area contributed by atoms with Crippen molar-refractivity contribution < 1.29 is 19.4 Å². The molecule has 0 N–H and O–H groups in total. The third-order valence-electron chi connectivity index (χ3n) is 2.53. The van der Waals surface area contributed by atoms with E-state index in [2.05, 4.69) is 29.6 Å². The van der Waals surface area contributed by atoms with Gasteiger partial charge in [0.2, 0.25) is 0 Å². The Bertz CT molecular complexity index is 654. The zero-order chi connectivity index (χ0) is 13.0. The van der Waals surface area contributed by atoms with Gasteiger partial charge in [-0.05, 0) is 23.1 Å². The van der Waals surface area contributed by atoms with Gasteiger partial charge in [-0.25, -0.2) is 4.39 Å². The van der Waals surface area contributed by atoms with Gasteiger partial charge in [-0.1, -0.05) is 42.3 Å². The molecule has 0 aliphatic carbocycles. The molecular weight excluding hydrogens is 520 g/mol. The van der Waals surface area contributed by atoms with Crippen molar-refractivity contribution in [2.75, 3.05) is 0 Å². The molecule has 3 rings (SSSR count). The molecule has 0 bridgehead atoms. The summed E-state index contributed by atoms with van der Waals surface area (Å²) < 4.78 is 13.6. The molecule has 2 heterocycles. The number of fused-ring (bicyclic) bond motifs is 1. The van der Waals surface area contributed by atoms with Crippen LogP contribution in [0.15, 0.2) is 48.8 Å². The van der Waals surface area contributed by atoms with Gasteiger partial charge in [0.25, 0.3) is 0 Å². The summed E-state index contributed by atoms with van der Waals surface area (Å²) in [7, 11) is 0. The number of aromatic nitrogens is 2. The van der Waals surface area contributed by atoms with Crippen molar-refractivity contribution in [3.63, 3.8) is 0 Å². The summed E-state index contributed by atoms with van der Waals surface area (Å²) in [6.07, 6.45) is 3.34. The first kappa shape index (κ1) is 13.6. The zero-order valence-corrected chi connectivity index (χ0v) is 13.8. The van der Waals surface area contributed by atoms with Gasteiger partial charge in [-0.3, -0.25) is 0 Å². The molecule has 0 amide bonds. The predicted octanol–water partition coefficient (Wildman–Crippen LogP) is 3.88. The molecule has 0 unspecified atom stereocenters. The van der Waals surface area contributed by atoms with Crippen molar-refractivity contribution in [3.05, 3.63) is 54.6 Å². The quantitative estimate of drug-likeness (QED) is 0.449. The minimum absolute atomic E-state index is 0.233. The fourth-order valence-electron chi connectivity index (χ4n) is 1.74. The Balaban J connectivity index is 0.000000574. The van der Waals surface area contributed by atoms with Crippen molar-refractivity contribution in [2.45, 2.75) is 0 Å². The molecule has 2 nitrogen and oxygen atoms in total. The Kier molecular flexibility index (Phi) is 4.84. The molecule has 0 saturated carbocycles. The van der Waals surface area contributed by atoms with Crippen LogP contribution in [0.1, 0.15) is 0 Å². The van der Waals surface area contributed by atoms with Gasteiger partial charge in [-0.15, -0.1) is 0 Å². The third kappa shape index (κ3) is 2.78. The summed E-state index contributed by atoms with van der Waals surface area (Å²) in [5, 5.41) is 0.931. The van der Waals surface area contributed by atoms with Crippen LogP contribution in [-0.4, -0.2) is 4.98 Å². The van der Waals surface area contributed by atoms with Crippen LogP contribution in [0, 0.1) is 5.82 Å². The fraction of sp³-hybridized carbons (Fsp3) is 0. The second-order valence-corrected chi connectivity index (χ2v) is 3.56. The molecule has 0 aliphatic rings. The number of hydrogen-bond acceptors (Lipinski definition) is 1. The summed E-state index contributed by atoms with van der Waals surface area (Å²) >= 11 is 4.01. The number of halogens is 2. The zero-order valence-electron chi connectivity index (χ0n) is 9.12. The van der Waals surface area contributed by atoms with Gasteiger partial charge in [0, 0.05) is 5.56 Å². The summed E-state index contributed by atoms with van der Waals surface area (Å²) in [6.45, 7) is 0. The van der Waals surface area contributed by atoms with E-state index < -0.39 is 0 Å². The van der Waals surface area contributed by atoms with Crippen LogP contribution in [0.2, 0.25) is 0 Å². The maximum absolute atomic E-state index is 13.6. The predicted molar refractivity (Wildman–Crippen MR) is 74.5 cm³/mol. The first-order valence-corrected chi connectivity index (χ1v) is 12.3. The van der Waals surface area contributed by atoms with Crippen molar-refractivity contribution in [1.29, 1.82) is 0 Å². The molecule has 18 heavy (non-hydrogen) atoms. The van der Waals surface area contributed by atoms with Gasteiger partial charge in [0.15, 0.2) is 0 Å². The number of rotatable bonds is 1. The van der Waals surface area contributed by atoms with E-state index in [0.717, 1.165) is 10.9 Å². The summed E-state index contributed by atoms with van der Waals surface area (Å²) in [5.74, 6) is -0.233. The van der Waals surface area contributed by atoms with Crippen LogP contribution >= 0.6 is 19.7 Å². The number of benzene rings is 1. The Morgan fingerprint density at radius 1 is 1.17 bits per heavy atom. The van der Waals surface area contributed by atoms with Crippen molar-refractivity contribution in [1.82, 2.24) is 9.97 Å². The van der Waals surface area contributed by atoms with Gasteiger partial charge < -0.3 is 9.97 Å². The molecule has 2 aromatic heterocycles.